The summed E-state index contributed by atoms with van der Waals surface area (Å²) in [6, 6.07) is 9.65. The predicted molar refractivity (Wildman–Crippen MR) is 112 cm³/mol. The molecule has 2 heterocycles. The van der Waals surface area contributed by atoms with Crippen LogP contribution in [0.2, 0.25) is 0 Å². The first-order chi connectivity index (χ1) is 13.1. The van der Waals surface area contributed by atoms with Gasteiger partial charge >= 0.3 is 0 Å². The monoisotopic (exact) mass is 400 g/mol. The Morgan fingerprint density at radius 2 is 2.15 bits per heavy atom. The Labute approximate surface area is 166 Å². The normalized spacial score (nSPS) is 15.0. The van der Waals surface area contributed by atoms with Crippen molar-refractivity contribution in [2.24, 2.45) is 0 Å². The molecule has 0 unspecified atom stereocenters. The molecule has 0 aliphatic carbocycles. The van der Waals surface area contributed by atoms with Gasteiger partial charge in [-0.25, -0.2) is 0 Å². The summed E-state index contributed by atoms with van der Waals surface area (Å²) < 4.78 is 0. The number of fused-ring (bicyclic) bond motifs is 1. The third kappa shape index (κ3) is 4.88. The third-order valence-corrected chi connectivity index (χ3v) is 5.97. The number of thioether (sulfide) groups is 1. The summed E-state index contributed by atoms with van der Waals surface area (Å²) >= 11 is 2.97. The van der Waals surface area contributed by atoms with Crippen LogP contribution in [0.3, 0.4) is 0 Å². The second-order valence-corrected chi connectivity index (χ2v) is 7.84. The number of likely N-dealkylation sites (N-methyl/N-ethyl adjacent to an activating group) is 1. The van der Waals surface area contributed by atoms with Gasteiger partial charge in [0, 0.05) is 28.9 Å². The Balaban J connectivity index is 1.71. The van der Waals surface area contributed by atoms with E-state index in [0.717, 1.165) is 21.0 Å². The number of para-hydroxylation sites is 1. The number of thiophene rings is 1. The zero-order valence-electron chi connectivity index (χ0n) is 14.8. The lowest BCUT2D eigenvalue weighted by atomic mass is 10.2. The van der Waals surface area contributed by atoms with Gasteiger partial charge in [-0.15, -0.1) is 11.3 Å². The maximum absolute atomic E-state index is 12.3. The lowest BCUT2D eigenvalue weighted by Crippen LogP contribution is -2.31. The average Bonchev–Trinajstić information content (AvgIpc) is 3.12. The molecule has 7 heteroatoms. The van der Waals surface area contributed by atoms with Crippen molar-refractivity contribution in [3.63, 3.8) is 0 Å². The van der Waals surface area contributed by atoms with E-state index in [1.54, 1.807) is 11.0 Å². The number of carbonyl (C=O) groups excluding carboxylic acids is 2. The van der Waals surface area contributed by atoms with Crippen LogP contribution in [0.25, 0.3) is 12.2 Å². The molecule has 27 heavy (non-hydrogen) atoms. The summed E-state index contributed by atoms with van der Waals surface area (Å²) in [5, 5.41) is 13.8. The van der Waals surface area contributed by atoms with Gasteiger partial charge in [-0.1, -0.05) is 23.9 Å². The molecule has 1 aromatic heterocycles. The Morgan fingerprint density at radius 3 is 2.93 bits per heavy atom. The van der Waals surface area contributed by atoms with Gasteiger partial charge in [-0.3, -0.25) is 9.59 Å². The van der Waals surface area contributed by atoms with Crippen LogP contribution < -0.4 is 5.32 Å². The molecule has 5 nitrogen and oxygen atoms in total. The molecule has 1 aliphatic rings. The van der Waals surface area contributed by atoms with Crippen molar-refractivity contribution in [3.8, 4) is 0 Å². The number of benzene rings is 1. The Bertz CT molecular complexity index is 902. The van der Waals surface area contributed by atoms with Gasteiger partial charge in [0.1, 0.15) is 0 Å². The van der Waals surface area contributed by atoms with Crippen LogP contribution >= 0.6 is 23.1 Å². The molecule has 0 saturated heterocycles. The molecule has 2 amide bonds. The van der Waals surface area contributed by atoms with Crippen LogP contribution in [0.5, 0.6) is 0 Å². The third-order valence-electron chi connectivity index (χ3n) is 3.97. The molecule has 0 saturated carbocycles. The summed E-state index contributed by atoms with van der Waals surface area (Å²) in [5.74, 6) is -0.238. The topological polar surface area (TPSA) is 69.6 Å². The van der Waals surface area contributed by atoms with E-state index in [9.17, 15) is 9.59 Å². The van der Waals surface area contributed by atoms with Crippen LogP contribution in [0.15, 0.2) is 51.6 Å². The number of aliphatic hydroxyl groups excluding tert-OH is 1. The molecular weight excluding hydrogens is 380 g/mol. The van der Waals surface area contributed by atoms with E-state index < -0.39 is 0 Å². The SMILES string of the molecule is CCN(CCO)C(=O)/C=C/c1csc(/C=C2/Sc3ccccc3NC2=O)c1. The lowest BCUT2D eigenvalue weighted by Gasteiger charge is -2.17. The zero-order valence-corrected chi connectivity index (χ0v) is 16.5. The molecule has 2 aromatic rings. The van der Waals surface area contributed by atoms with Crippen LogP contribution in [-0.4, -0.2) is 41.5 Å². The minimum Gasteiger partial charge on any atom is -0.395 e. The maximum Gasteiger partial charge on any atom is 0.262 e. The molecule has 0 radical (unpaired) electrons. The minimum absolute atomic E-state index is 0.0492. The number of nitrogens with one attached hydrogen (secondary N) is 1. The highest BCUT2D eigenvalue weighted by atomic mass is 32.2. The van der Waals surface area contributed by atoms with E-state index in [1.807, 2.05) is 48.7 Å². The minimum atomic E-state index is -0.128. The van der Waals surface area contributed by atoms with Gasteiger partial charge in [0.25, 0.3) is 5.91 Å². The van der Waals surface area contributed by atoms with Crippen molar-refractivity contribution < 1.29 is 14.7 Å². The van der Waals surface area contributed by atoms with Gasteiger partial charge in [0.15, 0.2) is 0 Å². The first-order valence-corrected chi connectivity index (χ1v) is 10.3. The van der Waals surface area contributed by atoms with E-state index in [-0.39, 0.29) is 18.4 Å². The van der Waals surface area contributed by atoms with E-state index in [2.05, 4.69) is 5.32 Å². The molecule has 0 atom stereocenters. The van der Waals surface area contributed by atoms with Crippen LogP contribution in [0, 0.1) is 0 Å². The van der Waals surface area contributed by atoms with Crippen molar-refractivity contribution in [1.82, 2.24) is 4.90 Å². The zero-order chi connectivity index (χ0) is 19.2. The molecule has 3 rings (SSSR count). The fourth-order valence-corrected chi connectivity index (χ4v) is 4.41. The smallest absolute Gasteiger partial charge is 0.262 e. The number of anilines is 1. The number of amides is 2. The summed E-state index contributed by atoms with van der Waals surface area (Å²) in [5.41, 5.74) is 1.74. The summed E-state index contributed by atoms with van der Waals surface area (Å²) in [4.78, 5) is 28.5. The van der Waals surface area contributed by atoms with Crippen molar-refractivity contribution in [3.05, 3.63) is 57.1 Å². The summed E-state index contributed by atoms with van der Waals surface area (Å²) in [6.45, 7) is 2.71. The number of carbonyl (C=O) groups is 2. The van der Waals surface area contributed by atoms with Crippen molar-refractivity contribution in [2.45, 2.75) is 11.8 Å². The number of rotatable bonds is 6. The van der Waals surface area contributed by atoms with Crippen molar-refractivity contribution >= 4 is 52.8 Å². The predicted octanol–water partition coefficient (Wildman–Crippen LogP) is 3.69. The largest absolute Gasteiger partial charge is 0.395 e. The average molecular weight is 401 g/mol. The number of nitrogens with zero attached hydrogens (tertiary/aromatic N) is 1. The van der Waals surface area contributed by atoms with Gasteiger partial charge in [0.2, 0.25) is 5.91 Å². The summed E-state index contributed by atoms with van der Waals surface area (Å²) in [6.07, 6.45) is 5.13. The van der Waals surface area contributed by atoms with Crippen LogP contribution in [-0.2, 0) is 9.59 Å². The molecular formula is C20H20N2O3S2. The number of hydrogen-bond donors (Lipinski definition) is 2. The van der Waals surface area contributed by atoms with E-state index >= 15 is 0 Å². The Kier molecular flexibility index (Phi) is 6.49. The van der Waals surface area contributed by atoms with E-state index in [1.165, 1.54) is 29.2 Å². The second kappa shape index (κ2) is 9.03. The standard InChI is InChI=1S/C20H20N2O3S2/c1-2-22(9-10-23)19(24)8-7-14-11-15(26-13-14)12-18-20(25)21-16-5-3-4-6-17(16)27-18/h3-8,11-13,23H,2,9-10H2,1H3,(H,21,25)/b8-7+,18-12+. The van der Waals surface area contributed by atoms with Crippen molar-refractivity contribution in [2.75, 3.05) is 25.0 Å². The van der Waals surface area contributed by atoms with E-state index in [4.69, 9.17) is 5.11 Å². The van der Waals surface area contributed by atoms with Gasteiger partial charge in [-0.05, 0) is 48.2 Å². The van der Waals surface area contributed by atoms with Gasteiger partial charge in [-0.2, -0.15) is 0 Å². The highest BCUT2D eigenvalue weighted by Gasteiger charge is 2.20. The molecule has 140 valence electrons. The molecule has 0 spiro atoms. The van der Waals surface area contributed by atoms with E-state index in [0.29, 0.717) is 18.0 Å². The summed E-state index contributed by atoms with van der Waals surface area (Å²) in [7, 11) is 0. The maximum atomic E-state index is 12.3. The van der Waals surface area contributed by atoms with Crippen LogP contribution in [0.4, 0.5) is 5.69 Å². The Hall–Kier alpha value is -2.35. The highest BCUT2D eigenvalue weighted by Crippen LogP contribution is 2.39. The number of hydrogen-bond acceptors (Lipinski definition) is 5. The van der Waals surface area contributed by atoms with Gasteiger partial charge in [0.05, 0.1) is 17.2 Å². The van der Waals surface area contributed by atoms with Gasteiger partial charge < -0.3 is 15.3 Å². The molecule has 1 aliphatic heterocycles. The molecule has 0 bridgehead atoms. The first kappa shape index (κ1) is 19.4. The molecule has 2 N–H and O–H groups in total. The fraction of sp³-hybridized carbons (Fsp3) is 0.200. The quantitative estimate of drug-likeness (QED) is 0.726. The van der Waals surface area contributed by atoms with Crippen molar-refractivity contribution in [1.29, 1.82) is 0 Å². The lowest BCUT2D eigenvalue weighted by molar-refractivity contribution is -0.126. The highest BCUT2D eigenvalue weighted by molar-refractivity contribution is 8.04. The second-order valence-electron chi connectivity index (χ2n) is 5.82. The number of aliphatic hydroxyl groups is 1. The molecule has 1 aromatic carbocycles. The van der Waals surface area contributed by atoms with Crippen LogP contribution in [0.1, 0.15) is 17.4 Å². The fourth-order valence-electron chi connectivity index (χ4n) is 2.58. The first-order valence-electron chi connectivity index (χ1n) is 8.57. The molecule has 0 fully saturated rings. The Morgan fingerprint density at radius 1 is 1.33 bits per heavy atom.